The summed E-state index contributed by atoms with van der Waals surface area (Å²) in [6.07, 6.45) is 0. The van der Waals surface area contributed by atoms with Gasteiger partial charge in [0, 0.05) is 16.1 Å². The maximum absolute atomic E-state index is 5.05. The third-order valence-electron chi connectivity index (χ3n) is 0.455. The van der Waals surface area contributed by atoms with E-state index in [-0.39, 0.29) is 9.52 Å². The molecular weight excluding hydrogens is 78.1 g/mol. The van der Waals surface area contributed by atoms with Crippen LogP contribution in [0, 0.1) is 6.54 Å². The van der Waals surface area contributed by atoms with Crippen LogP contribution in [0.1, 0.15) is 0 Å². The highest BCUT2D eigenvalue weighted by Crippen LogP contribution is 1.71. The fraction of sp³-hybridized carbons (Fsp3) is 0.667. The zero-order chi connectivity index (χ0) is 4.12. The van der Waals surface area contributed by atoms with Gasteiger partial charge in [0.25, 0.3) is 0 Å². The summed E-state index contributed by atoms with van der Waals surface area (Å²) in [6, 6.07) is 1.18. The summed E-state index contributed by atoms with van der Waals surface area (Å²) in [5, 5.41) is 0. The van der Waals surface area contributed by atoms with Crippen molar-refractivity contribution >= 4 is 9.52 Å². The van der Waals surface area contributed by atoms with Crippen LogP contribution in [0.25, 0.3) is 0 Å². The summed E-state index contributed by atoms with van der Waals surface area (Å²) in [7, 11) is 0.233. The average Bonchev–Trinajstić information content (AvgIpc) is 1.41. The SMILES string of the molecule is C[SiH2]C[CH]N. The monoisotopic (exact) mass is 88.1 g/mol. The molecule has 2 heteroatoms. The topological polar surface area (TPSA) is 26.0 Å². The highest BCUT2D eigenvalue weighted by molar-refractivity contribution is 6.33. The van der Waals surface area contributed by atoms with Crippen molar-refractivity contribution in [3.63, 3.8) is 0 Å². The summed E-state index contributed by atoms with van der Waals surface area (Å²) in [6.45, 7) is 3.98. The molecule has 0 saturated carbocycles. The van der Waals surface area contributed by atoms with Crippen LogP contribution < -0.4 is 5.73 Å². The van der Waals surface area contributed by atoms with Gasteiger partial charge >= 0.3 is 0 Å². The van der Waals surface area contributed by atoms with Crippen LogP contribution in [0.5, 0.6) is 0 Å². The smallest absolute Gasteiger partial charge is 0.0186 e. The number of rotatable bonds is 2. The van der Waals surface area contributed by atoms with Gasteiger partial charge in [-0.3, -0.25) is 0 Å². The highest BCUT2D eigenvalue weighted by Gasteiger charge is 1.70. The summed E-state index contributed by atoms with van der Waals surface area (Å²) >= 11 is 0. The standard InChI is InChI=1S/C3H10NSi/c1-5-3-2-4/h2H,3-5H2,1H3. The molecule has 0 aromatic heterocycles. The fourth-order valence-corrected chi connectivity index (χ4v) is 0.500. The molecule has 0 heterocycles. The largest absolute Gasteiger partial charge is 0.327 e. The van der Waals surface area contributed by atoms with Crippen molar-refractivity contribution in [1.29, 1.82) is 0 Å². The quantitative estimate of drug-likeness (QED) is 0.462. The number of nitrogens with two attached hydrogens (primary N) is 1. The van der Waals surface area contributed by atoms with Crippen LogP contribution in [-0.2, 0) is 0 Å². The first-order valence-corrected chi connectivity index (χ1v) is 4.36. The van der Waals surface area contributed by atoms with E-state index in [9.17, 15) is 0 Å². The lowest BCUT2D eigenvalue weighted by molar-refractivity contribution is 1.31. The predicted molar refractivity (Wildman–Crippen MR) is 27.7 cm³/mol. The molecule has 0 saturated heterocycles. The molecule has 0 aliphatic carbocycles. The molecule has 0 fully saturated rings. The maximum atomic E-state index is 5.05. The van der Waals surface area contributed by atoms with Gasteiger partial charge in [0.15, 0.2) is 0 Å². The average molecular weight is 88.2 g/mol. The van der Waals surface area contributed by atoms with Gasteiger partial charge in [-0.1, -0.05) is 6.55 Å². The van der Waals surface area contributed by atoms with Gasteiger partial charge in [-0.2, -0.15) is 0 Å². The van der Waals surface area contributed by atoms with Gasteiger partial charge in [-0.25, -0.2) is 0 Å². The lowest BCUT2D eigenvalue weighted by Gasteiger charge is -1.78. The van der Waals surface area contributed by atoms with Crippen molar-refractivity contribution in [2.75, 3.05) is 0 Å². The molecule has 2 N–H and O–H groups in total. The molecule has 1 radical (unpaired) electrons. The Morgan fingerprint density at radius 3 is 2.60 bits per heavy atom. The van der Waals surface area contributed by atoms with E-state index in [1.807, 2.05) is 0 Å². The van der Waals surface area contributed by atoms with E-state index in [0.29, 0.717) is 0 Å². The lowest BCUT2D eigenvalue weighted by Crippen LogP contribution is -1.90. The van der Waals surface area contributed by atoms with Crippen molar-refractivity contribution < 1.29 is 0 Å². The van der Waals surface area contributed by atoms with Crippen molar-refractivity contribution in [3.05, 3.63) is 6.54 Å². The van der Waals surface area contributed by atoms with Crippen molar-refractivity contribution in [2.45, 2.75) is 12.6 Å². The van der Waals surface area contributed by atoms with Crippen LogP contribution >= 0.6 is 0 Å². The van der Waals surface area contributed by atoms with E-state index in [1.54, 1.807) is 6.54 Å². The van der Waals surface area contributed by atoms with Crippen LogP contribution in [0.3, 0.4) is 0 Å². The Labute approximate surface area is 35.4 Å². The Hall–Kier alpha value is 0.177. The van der Waals surface area contributed by atoms with Crippen molar-refractivity contribution in [2.24, 2.45) is 5.73 Å². The van der Waals surface area contributed by atoms with Crippen LogP contribution in [0.15, 0.2) is 0 Å². The fourth-order valence-electron chi connectivity index (χ4n) is 0.167. The summed E-state index contributed by atoms with van der Waals surface area (Å²) in [4.78, 5) is 0. The lowest BCUT2D eigenvalue weighted by atomic mass is 10.8. The second-order valence-electron chi connectivity index (χ2n) is 1.02. The Morgan fingerprint density at radius 1 is 2.00 bits per heavy atom. The van der Waals surface area contributed by atoms with Gasteiger partial charge in [0.2, 0.25) is 0 Å². The first kappa shape index (κ1) is 5.18. The van der Waals surface area contributed by atoms with Crippen molar-refractivity contribution in [3.8, 4) is 0 Å². The zero-order valence-electron chi connectivity index (χ0n) is 3.57. The van der Waals surface area contributed by atoms with Gasteiger partial charge < -0.3 is 5.73 Å². The summed E-state index contributed by atoms with van der Waals surface area (Å²) in [5.41, 5.74) is 5.05. The minimum Gasteiger partial charge on any atom is -0.327 e. The molecule has 0 aliphatic rings. The minimum atomic E-state index is 0.233. The first-order valence-electron chi connectivity index (χ1n) is 1.95. The van der Waals surface area contributed by atoms with E-state index in [2.05, 4.69) is 6.55 Å². The summed E-state index contributed by atoms with van der Waals surface area (Å²) < 4.78 is 0. The third kappa shape index (κ3) is 4.18. The molecule has 0 rings (SSSR count). The molecular formula is C3H10NSi. The molecule has 5 heavy (non-hydrogen) atoms. The molecule has 0 spiro atoms. The molecule has 0 aromatic carbocycles. The maximum Gasteiger partial charge on any atom is 0.0186 e. The van der Waals surface area contributed by atoms with Gasteiger partial charge in [0.1, 0.15) is 0 Å². The molecule has 0 bridgehead atoms. The Kier molecular flexibility index (Phi) is 4.32. The Balaban J connectivity index is 2.19. The van der Waals surface area contributed by atoms with Gasteiger partial charge in [-0.15, -0.1) is 0 Å². The second-order valence-corrected chi connectivity index (χ2v) is 2.60. The Bertz CT molecular complexity index is 14.4. The van der Waals surface area contributed by atoms with Gasteiger partial charge in [0.05, 0.1) is 0 Å². The number of hydrogen-bond acceptors (Lipinski definition) is 1. The predicted octanol–water partition coefficient (Wildman–Crippen LogP) is -0.258. The molecule has 0 atom stereocenters. The normalized spacial score (nSPS) is 10.8. The highest BCUT2D eigenvalue weighted by atomic mass is 28.2. The Morgan fingerprint density at radius 2 is 2.60 bits per heavy atom. The van der Waals surface area contributed by atoms with E-state index in [0.717, 1.165) is 0 Å². The molecule has 0 unspecified atom stereocenters. The number of hydrogen-bond donors (Lipinski definition) is 1. The van der Waals surface area contributed by atoms with Crippen LogP contribution in [0.2, 0.25) is 12.6 Å². The first-order chi connectivity index (χ1) is 2.41. The molecule has 31 valence electrons. The van der Waals surface area contributed by atoms with Crippen LogP contribution in [-0.4, -0.2) is 9.52 Å². The molecule has 0 aliphatic heterocycles. The third-order valence-corrected chi connectivity index (χ3v) is 1.37. The zero-order valence-corrected chi connectivity index (χ0v) is 4.98. The van der Waals surface area contributed by atoms with E-state index >= 15 is 0 Å². The minimum absolute atomic E-state index is 0.233. The summed E-state index contributed by atoms with van der Waals surface area (Å²) in [5.74, 6) is 0. The molecule has 1 nitrogen and oxygen atoms in total. The van der Waals surface area contributed by atoms with E-state index < -0.39 is 0 Å². The second kappa shape index (κ2) is 4.18. The molecule has 0 aromatic rings. The van der Waals surface area contributed by atoms with Gasteiger partial charge in [-0.05, 0) is 6.04 Å². The van der Waals surface area contributed by atoms with E-state index in [1.165, 1.54) is 6.04 Å². The van der Waals surface area contributed by atoms with E-state index in [4.69, 9.17) is 5.73 Å². The molecule has 0 amide bonds. The van der Waals surface area contributed by atoms with Crippen molar-refractivity contribution in [1.82, 2.24) is 0 Å². The van der Waals surface area contributed by atoms with Crippen LogP contribution in [0.4, 0.5) is 0 Å².